The Balaban J connectivity index is 1.46. The highest BCUT2D eigenvalue weighted by molar-refractivity contribution is 5.21. The Morgan fingerprint density at radius 2 is 2.00 bits per heavy atom. The lowest BCUT2D eigenvalue weighted by Gasteiger charge is -2.46. The molecule has 0 unspecified atom stereocenters. The SMILES string of the molecule is Cc1c(CCCC[C@@]2(c3ccccn3)CCOC3(CCCC3)C2)cnn1C. The molecule has 146 valence electrons. The summed E-state index contributed by atoms with van der Waals surface area (Å²) in [6.45, 7) is 3.05. The van der Waals surface area contributed by atoms with E-state index in [9.17, 15) is 0 Å². The molecule has 4 heteroatoms. The monoisotopic (exact) mass is 367 g/mol. The van der Waals surface area contributed by atoms with Gasteiger partial charge in [0.15, 0.2) is 0 Å². The minimum absolute atomic E-state index is 0.121. The normalized spacial score (nSPS) is 24.5. The average Bonchev–Trinajstić information content (AvgIpc) is 3.27. The van der Waals surface area contributed by atoms with Gasteiger partial charge in [-0.05, 0) is 69.6 Å². The number of rotatable bonds is 6. The molecule has 2 aromatic heterocycles. The third-order valence-corrected chi connectivity index (χ3v) is 7.06. The van der Waals surface area contributed by atoms with E-state index in [2.05, 4.69) is 24.2 Å². The Bertz CT molecular complexity index is 748. The zero-order valence-electron chi connectivity index (χ0n) is 16.9. The van der Waals surface area contributed by atoms with Gasteiger partial charge in [-0.2, -0.15) is 5.10 Å². The lowest BCUT2D eigenvalue weighted by Crippen LogP contribution is -2.46. The van der Waals surface area contributed by atoms with Gasteiger partial charge in [-0.1, -0.05) is 25.3 Å². The maximum absolute atomic E-state index is 6.36. The van der Waals surface area contributed by atoms with Crippen molar-refractivity contribution in [1.82, 2.24) is 14.8 Å². The summed E-state index contributed by atoms with van der Waals surface area (Å²) in [6, 6.07) is 6.44. The molecule has 4 rings (SSSR count). The fraction of sp³-hybridized carbons (Fsp3) is 0.652. The minimum atomic E-state index is 0.121. The molecule has 2 aromatic rings. The van der Waals surface area contributed by atoms with Crippen molar-refractivity contribution in [2.24, 2.45) is 7.05 Å². The first-order valence-electron chi connectivity index (χ1n) is 10.7. The summed E-state index contributed by atoms with van der Waals surface area (Å²) >= 11 is 0. The largest absolute Gasteiger partial charge is 0.375 e. The van der Waals surface area contributed by atoms with E-state index >= 15 is 0 Å². The highest BCUT2D eigenvalue weighted by atomic mass is 16.5. The molecule has 0 radical (unpaired) electrons. The van der Waals surface area contributed by atoms with Crippen LogP contribution in [0.15, 0.2) is 30.6 Å². The van der Waals surface area contributed by atoms with Crippen molar-refractivity contribution in [3.05, 3.63) is 47.5 Å². The standard InChI is InChI=1S/C23H33N3O/c1-19-20(17-25-26(19)2)9-3-5-11-22(21-10-4-8-15-24-21)14-16-27-23(18-22)12-6-7-13-23/h4,8,10,15,17H,3,5-7,9,11-14,16,18H2,1-2H3/t22-/m1/s1. The van der Waals surface area contributed by atoms with Crippen LogP contribution in [0.5, 0.6) is 0 Å². The van der Waals surface area contributed by atoms with E-state index < -0.39 is 0 Å². The smallest absolute Gasteiger partial charge is 0.0691 e. The molecule has 1 atom stereocenters. The van der Waals surface area contributed by atoms with Crippen molar-refractivity contribution in [3.63, 3.8) is 0 Å². The summed E-state index contributed by atoms with van der Waals surface area (Å²) in [7, 11) is 2.03. The van der Waals surface area contributed by atoms with Crippen molar-refractivity contribution in [2.45, 2.75) is 82.1 Å². The second-order valence-corrected chi connectivity index (χ2v) is 8.75. The van der Waals surface area contributed by atoms with Crippen LogP contribution in [0.4, 0.5) is 0 Å². The summed E-state index contributed by atoms with van der Waals surface area (Å²) in [5, 5.41) is 4.38. The number of hydrogen-bond donors (Lipinski definition) is 0. The Labute approximate surface area is 163 Å². The van der Waals surface area contributed by atoms with Crippen LogP contribution in [0.1, 0.15) is 74.7 Å². The first-order valence-corrected chi connectivity index (χ1v) is 10.7. The van der Waals surface area contributed by atoms with Gasteiger partial charge in [0, 0.05) is 36.7 Å². The molecule has 3 heterocycles. The third kappa shape index (κ3) is 3.82. The molecule has 1 spiro atoms. The lowest BCUT2D eigenvalue weighted by molar-refractivity contribution is -0.104. The molecule has 1 saturated carbocycles. The minimum Gasteiger partial charge on any atom is -0.375 e. The van der Waals surface area contributed by atoms with E-state index in [1.807, 2.05) is 30.2 Å². The van der Waals surface area contributed by atoms with Crippen LogP contribution < -0.4 is 0 Å². The maximum Gasteiger partial charge on any atom is 0.0691 e. The quantitative estimate of drug-likeness (QED) is 0.682. The van der Waals surface area contributed by atoms with E-state index in [-0.39, 0.29) is 11.0 Å². The Morgan fingerprint density at radius 3 is 2.70 bits per heavy atom. The van der Waals surface area contributed by atoms with Crippen LogP contribution in [-0.4, -0.2) is 27.0 Å². The van der Waals surface area contributed by atoms with Crippen LogP contribution in [-0.2, 0) is 23.6 Å². The summed E-state index contributed by atoms with van der Waals surface area (Å²) in [6.07, 6.45) is 16.2. The first kappa shape index (κ1) is 18.7. The van der Waals surface area contributed by atoms with E-state index in [1.54, 1.807) is 0 Å². The molecule has 1 saturated heterocycles. The summed E-state index contributed by atoms with van der Waals surface area (Å²) in [4.78, 5) is 4.81. The van der Waals surface area contributed by atoms with Crippen LogP contribution in [0, 0.1) is 6.92 Å². The number of hydrogen-bond acceptors (Lipinski definition) is 3. The molecule has 2 fully saturated rings. The highest BCUT2D eigenvalue weighted by Gasteiger charge is 2.48. The van der Waals surface area contributed by atoms with E-state index in [1.165, 1.54) is 61.9 Å². The number of aromatic nitrogens is 3. The molecule has 2 aliphatic rings. The Hall–Kier alpha value is -1.68. The number of unbranched alkanes of at least 4 members (excludes halogenated alkanes) is 1. The highest BCUT2D eigenvalue weighted by Crippen LogP contribution is 2.50. The summed E-state index contributed by atoms with van der Waals surface area (Å²) in [5.74, 6) is 0. The van der Waals surface area contributed by atoms with Crippen molar-refractivity contribution >= 4 is 0 Å². The van der Waals surface area contributed by atoms with Crippen molar-refractivity contribution in [3.8, 4) is 0 Å². The molecule has 1 aliphatic carbocycles. The number of nitrogens with zero attached hydrogens (tertiary/aromatic N) is 3. The average molecular weight is 368 g/mol. The predicted molar refractivity (Wildman–Crippen MR) is 108 cm³/mol. The van der Waals surface area contributed by atoms with Gasteiger partial charge < -0.3 is 4.74 Å². The molecule has 4 nitrogen and oxygen atoms in total. The van der Waals surface area contributed by atoms with Crippen LogP contribution in [0.2, 0.25) is 0 Å². The molecular weight excluding hydrogens is 334 g/mol. The summed E-state index contributed by atoms with van der Waals surface area (Å²) < 4.78 is 8.34. The first-order chi connectivity index (χ1) is 13.1. The lowest BCUT2D eigenvalue weighted by atomic mass is 9.67. The van der Waals surface area contributed by atoms with Gasteiger partial charge in [0.2, 0.25) is 0 Å². The second-order valence-electron chi connectivity index (χ2n) is 8.75. The Morgan fingerprint density at radius 1 is 1.15 bits per heavy atom. The van der Waals surface area contributed by atoms with Crippen molar-refractivity contribution in [1.29, 1.82) is 0 Å². The van der Waals surface area contributed by atoms with Gasteiger partial charge in [0.05, 0.1) is 11.8 Å². The molecule has 0 amide bonds. The van der Waals surface area contributed by atoms with E-state index in [4.69, 9.17) is 9.72 Å². The topological polar surface area (TPSA) is 39.9 Å². The van der Waals surface area contributed by atoms with Gasteiger partial charge in [-0.25, -0.2) is 0 Å². The maximum atomic E-state index is 6.36. The molecule has 27 heavy (non-hydrogen) atoms. The number of pyridine rings is 1. The Kier molecular flexibility index (Phi) is 5.36. The fourth-order valence-corrected chi connectivity index (χ4v) is 5.36. The second kappa shape index (κ2) is 7.75. The van der Waals surface area contributed by atoms with E-state index in [0.29, 0.717) is 0 Å². The number of aryl methyl sites for hydroxylation is 2. The fourth-order valence-electron chi connectivity index (χ4n) is 5.36. The van der Waals surface area contributed by atoms with Crippen LogP contribution in [0.25, 0.3) is 0 Å². The molecular formula is C23H33N3O. The van der Waals surface area contributed by atoms with Crippen molar-refractivity contribution < 1.29 is 4.74 Å². The zero-order valence-corrected chi connectivity index (χ0v) is 16.9. The summed E-state index contributed by atoms with van der Waals surface area (Å²) in [5.41, 5.74) is 4.29. The zero-order chi connectivity index (χ0) is 18.7. The predicted octanol–water partition coefficient (Wildman–Crippen LogP) is 4.90. The molecule has 0 N–H and O–H groups in total. The van der Waals surface area contributed by atoms with Crippen molar-refractivity contribution in [2.75, 3.05) is 6.61 Å². The van der Waals surface area contributed by atoms with Gasteiger partial charge >= 0.3 is 0 Å². The van der Waals surface area contributed by atoms with Gasteiger partial charge in [0.1, 0.15) is 0 Å². The van der Waals surface area contributed by atoms with Gasteiger partial charge in [-0.3, -0.25) is 9.67 Å². The van der Waals surface area contributed by atoms with Gasteiger partial charge in [0.25, 0.3) is 0 Å². The van der Waals surface area contributed by atoms with Crippen LogP contribution >= 0.6 is 0 Å². The molecule has 0 aromatic carbocycles. The molecule has 1 aliphatic heterocycles. The molecule has 0 bridgehead atoms. The van der Waals surface area contributed by atoms with Crippen LogP contribution in [0.3, 0.4) is 0 Å². The van der Waals surface area contributed by atoms with E-state index in [0.717, 1.165) is 25.9 Å². The van der Waals surface area contributed by atoms with Gasteiger partial charge in [-0.15, -0.1) is 0 Å². The third-order valence-electron chi connectivity index (χ3n) is 7.06. The number of ether oxygens (including phenoxy) is 1.